The maximum absolute atomic E-state index is 12.4. The Kier molecular flexibility index (Phi) is 4.77. The van der Waals surface area contributed by atoms with Crippen LogP contribution in [0, 0.1) is 0 Å². The van der Waals surface area contributed by atoms with Gasteiger partial charge < -0.3 is 5.43 Å². The summed E-state index contributed by atoms with van der Waals surface area (Å²) in [6, 6.07) is 10.3. The summed E-state index contributed by atoms with van der Waals surface area (Å²) in [5, 5.41) is 0. The molecule has 1 aromatic heterocycles. The van der Waals surface area contributed by atoms with Crippen LogP contribution in [0.25, 0.3) is 0 Å². The number of aromatic nitrogens is 1. The molecule has 112 valence electrons. The quantitative estimate of drug-likeness (QED) is 0.561. The van der Waals surface area contributed by atoms with E-state index in [1.165, 1.54) is 18.3 Å². The first-order chi connectivity index (χ1) is 10.1. The third-order valence-electron chi connectivity index (χ3n) is 2.98. The first-order valence-corrected chi connectivity index (χ1v) is 8.08. The van der Waals surface area contributed by atoms with Crippen molar-refractivity contribution in [1.29, 1.82) is 0 Å². The van der Waals surface area contributed by atoms with E-state index in [1.807, 2.05) is 19.1 Å². The number of rotatable bonds is 6. The van der Waals surface area contributed by atoms with Crippen LogP contribution in [0.3, 0.4) is 0 Å². The number of para-hydroxylation sites is 1. The second-order valence-corrected chi connectivity index (χ2v) is 6.22. The summed E-state index contributed by atoms with van der Waals surface area (Å²) in [7, 11) is -3.66. The SMILES string of the molecule is CCCc1ccccc1NS(=O)(=O)c1ccc(NN)nc1. The molecule has 4 N–H and O–H groups in total. The Morgan fingerprint density at radius 1 is 1.19 bits per heavy atom. The highest BCUT2D eigenvalue weighted by molar-refractivity contribution is 7.92. The van der Waals surface area contributed by atoms with Crippen LogP contribution in [0.5, 0.6) is 0 Å². The van der Waals surface area contributed by atoms with Crippen molar-refractivity contribution in [3.63, 3.8) is 0 Å². The molecule has 2 aromatic rings. The van der Waals surface area contributed by atoms with Crippen molar-refractivity contribution < 1.29 is 8.42 Å². The molecule has 6 nitrogen and oxygen atoms in total. The van der Waals surface area contributed by atoms with E-state index in [-0.39, 0.29) is 4.90 Å². The van der Waals surface area contributed by atoms with Crippen molar-refractivity contribution in [3.05, 3.63) is 48.2 Å². The first kappa shape index (κ1) is 15.3. The van der Waals surface area contributed by atoms with Crippen LogP contribution < -0.4 is 16.0 Å². The van der Waals surface area contributed by atoms with Gasteiger partial charge in [-0.2, -0.15) is 0 Å². The van der Waals surface area contributed by atoms with Gasteiger partial charge >= 0.3 is 0 Å². The van der Waals surface area contributed by atoms with E-state index in [0.29, 0.717) is 11.5 Å². The van der Waals surface area contributed by atoms with E-state index in [4.69, 9.17) is 5.84 Å². The summed E-state index contributed by atoms with van der Waals surface area (Å²) in [5.74, 6) is 5.61. The van der Waals surface area contributed by atoms with Gasteiger partial charge in [0.2, 0.25) is 0 Å². The maximum Gasteiger partial charge on any atom is 0.263 e. The summed E-state index contributed by atoms with van der Waals surface area (Å²) in [6.45, 7) is 2.05. The molecule has 0 saturated carbocycles. The van der Waals surface area contributed by atoms with Crippen molar-refractivity contribution in [2.24, 2.45) is 5.84 Å². The van der Waals surface area contributed by atoms with Crippen LogP contribution in [0.4, 0.5) is 11.5 Å². The Balaban J connectivity index is 2.28. The lowest BCUT2D eigenvalue weighted by Gasteiger charge is -2.12. The van der Waals surface area contributed by atoms with Gasteiger partial charge in [-0.05, 0) is 30.2 Å². The fourth-order valence-corrected chi connectivity index (χ4v) is 2.98. The van der Waals surface area contributed by atoms with E-state index in [9.17, 15) is 8.42 Å². The molecule has 7 heteroatoms. The third-order valence-corrected chi connectivity index (χ3v) is 4.33. The number of sulfonamides is 1. The van der Waals surface area contributed by atoms with Gasteiger partial charge in [0.1, 0.15) is 10.7 Å². The summed E-state index contributed by atoms with van der Waals surface area (Å²) in [5.41, 5.74) is 3.92. The van der Waals surface area contributed by atoms with Crippen molar-refractivity contribution in [2.75, 3.05) is 10.1 Å². The number of hydrazine groups is 1. The molecule has 2 rings (SSSR count). The van der Waals surface area contributed by atoms with Gasteiger partial charge in [0.15, 0.2) is 0 Å². The molecule has 0 radical (unpaired) electrons. The summed E-state index contributed by atoms with van der Waals surface area (Å²) in [4.78, 5) is 4.00. The van der Waals surface area contributed by atoms with Crippen molar-refractivity contribution in [2.45, 2.75) is 24.7 Å². The molecule has 0 atom stereocenters. The molecule has 0 aliphatic heterocycles. The van der Waals surface area contributed by atoms with Crippen LogP contribution in [0.2, 0.25) is 0 Å². The second-order valence-electron chi connectivity index (χ2n) is 4.54. The number of nitrogens with one attached hydrogen (secondary N) is 2. The molecule has 0 spiro atoms. The molecule has 21 heavy (non-hydrogen) atoms. The highest BCUT2D eigenvalue weighted by Crippen LogP contribution is 2.21. The van der Waals surface area contributed by atoms with Crippen LogP contribution in [0.15, 0.2) is 47.5 Å². The predicted octanol–water partition coefficient (Wildman–Crippen LogP) is 2.12. The standard InChI is InChI=1S/C14H18N4O2S/c1-2-5-11-6-3-4-7-13(11)18-21(19,20)12-8-9-14(17-15)16-10-12/h3-4,6-10,18H,2,5,15H2,1H3,(H,16,17). The maximum atomic E-state index is 12.4. The molecule has 0 amide bonds. The second kappa shape index (κ2) is 6.55. The number of hydrogen-bond donors (Lipinski definition) is 3. The van der Waals surface area contributed by atoms with Crippen LogP contribution in [-0.4, -0.2) is 13.4 Å². The number of nitrogen functional groups attached to an aromatic ring is 1. The van der Waals surface area contributed by atoms with Gasteiger partial charge in [-0.3, -0.25) is 4.72 Å². The number of benzene rings is 1. The van der Waals surface area contributed by atoms with Gasteiger partial charge in [0.05, 0.1) is 5.69 Å². The minimum atomic E-state index is -3.66. The van der Waals surface area contributed by atoms with Gasteiger partial charge in [0.25, 0.3) is 10.0 Å². The van der Waals surface area contributed by atoms with E-state index >= 15 is 0 Å². The number of pyridine rings is 1. The zero-order valence-corrected chi connectivity index (χ0v) is 12.5. The topological polar surface area (TPSA) is 97.1 Å². The lowest BCUT2D eigenvalue weighted by Crippen LogP contribution is -2.15. The molecule has 1 heterocycles. The number of aryl methyl sites for hydroxylation is 1. The van der Waals surface area contributed by atoms with Crippen LogP contribution in [-0.2, 0) is 16.4 Å². The Morgan fingerprint density at radius 2 is 1.95 bits per heavy atom. The zero-order valence-electron chi connectivity index (χ0n) is 11.7. The third kappa shape index (κ3) is 3.71. The minimum Gasteiger partial charge on any atom is -0.308 e. The van der Waals surface area contributed by atoms with E-state index in [1.54, 1.807) is 12.1 Å². The lowest BCUT2D eigenvalue weighted by atomic mass is 10.1. The first-order valence-electron chi connectivity index (χ1n) is 6.60. The minimum absolute atomic E-state index is 0.0906. The average molecular weight is 306 g/mol. The average Bonchev–Trinajstić information content (AvgIpc) is 2.49. The van der Waals surface area contributed by atoms with Gasteiger partial charge in [-0.1, -0.05) is 31.5 Å². The van der Waals surface area contributed by atoms with Crippen molar-refractivity contribution in [3.8, 4) is 0 Å². The highest BCUT2D eigenvalue weighted by Gasteiger charge is 2.16. The Bertz CT molecular complexity index is 699. The van der Waals surface area contributed by atoms with E-state index in [0.717, 1.165) is 18.4 Å². The molecule has 0 fully saturated rings. The predicted molar refractivity (Wildman–Crippen MR) is 83.3 cm³/mol. The number of hydrogen-bond acceptors (Lipinski definition) is 5. The number of anilines is 2. The molecule has 0 saturated heterocycles. The lowest BCUT2D eigenvalue weighted by molar-refractivity contribution is 0.600. The zero-order chi connectivity index (χ0) is 15.3. The summed E-state index contributed by atoms with van der Waals surface area (Å²) < 4.78 is 27.3. The fourth-order valence-electron chi connectivity index (χ4n) is 1.94. The largest absolute Gasteiger partial charge is 0.308 e. The van der Waals surface area contributed by atoms with Gasteiger partial charge in [0, 0.05) is 6.20 Å². The van der Waals surface area contributed by atoms with E-state index in [2.05, 4.69) is 15.1 Å². The molecular formula is C14H18N4O2S. The smallest absolute Gasteiger partial charge is 0.263 e. The molecule has 0 aliphatic carbocycles. The van der Waals surface area contributed by atoms with E-state index < -0.39 is 10.0 Å². The van der Waals surface area contributed by atoms with Crippen LogP contribution >= 0.6 is 0 Å². The number of nitrogens with two attached hydrogens (primary N) is 1. The monoisotopic (exact) mass is 306 g/mol. The normalized spacial score (nSPS) is 11.1. The Morgan fingerprint density at radius 3 is 2.57 bits per heavy atom. The Labute approximate surface area is 124 Å². The van der Waals surface area contributed by atoms with Gasteiger partial charge in [-0.25, -0.2) is 19.2 Å². The fraction of sp³-hybridized carbons (Fsp3) is 0.214. The Hall–Kier alpha value is -2.12. The summed E-state index contributed by atoms with van der Waals surface area (Å²) in [6.07, 6.45) is 3.02. The van der Waals surface area contributed by atoms with Crippen molar-refractivity contribution in [1.82, 2.24) is 4.98 Å². The molecule has 1 aromatic carbocycles. The van der Waals surface area contributed by atoms with Crippen LogP contribution in [0.1, 0.15) is 18.9 Å². The number of nitrogens with zero attached hydrogens (tertiary/aromatic N) is 1. The molecular weight excluding hydrogens is 288 g/mol. The highest BCUT2D eigenvalue weighted by atomic mass is 32.2. The molecule has 0 unspecified atom stereocenters. The summed E-state index contributed by atoms with van der Waals surface area (Å²) >= 11 is 0. The molecule has 0 bridgehead atoms. The van der Waals surface area contributed by atoms with Crippen molar-refractivity contribution >= 4 is 21.5 Å². The van der Waals surface area contributed by atoms with Gasteiger partial charge in [-0.15, -0.1) is 0 Å². The molecule has 0 aliphatic rings.